The topological polar surface area (TPSA) is 72.9 Å². The standard InChI is InChI=1S/C27H30ClNO5S/c1-6-33-23-15-11-22(12-16-23)29(35(31,32)25-17-9-21(28)10-18-25)26(30)19(2)34-24-13-7-20(8-14-24)27(3,4)5/h7-19H,6H2,1-5H3. The molecule has 0 aliphatic rings. The van der Waals surface area contributed by atoms with Gasteiger partial charge in [0.05, 0.1) is 17.2 Å². The zero-order valence-corrected chi connectivity index (χ0v) is 22.1. The van der Waals surface area contributed by atoms with Gasteiger partial charge in [0.25, 0.3) is 15.9 Å². The molecule has 1 atom stereocenters. The summed E-state index contributed by atoms with van der Waals surface area (Å²) in [7, 11) is -4.25. The highest BCUT2D eigenvalue weighted by Crippen LogP contribution is 2.29. The van der Waals surface area contributed by atoms with Crippen molar-refractivity contribution in [1.82, 2.24) is 0 Å². The van der Waals surface area contributed by atoms with E-state index in [0.717, 1.165) is 9.87 Å². The van der Waals surface area contributed by atoms with Crippen molar-refractivity contribution < 1.29 is 22.7 Å². The minimum absolute atomic E-state index is 0.0307. The largest absolute Gasteiger partial charge is 0.494 e. The monoisotopic (exact) mass is 515 g/mol. The average Bonchev–Trinajstić information content (AvgIpc) is 2.80. The Morgan fingerprint density at radius 2 is 1.46 bits per heavy atom. The lowest BCUT2D eigenvalue weighted by Crippen LogP contribution is -2.44. The number of carbonyl (C=O) groups is 1. The van der Waals surface area contributed by atoms with Gasteiger partial charge < -0.3 is 9.47 Å². The second-order valence-corrected chi connectivity index (χ2v) is 11.2. The van der Waals surface area contributed by atoms with Crippen LogP contribution in [0.1, 0.15) is 40.2 Å². The number of anilines is 1. The molecule has 1 amide bonds. The Hall–Kier alpha value is -3.03. The van der Waals surface area contributed by atoms with Gasteiger partial charge in [0.15, 0.2) is 6.10 Å². The van der Waals surface area contributed by atoms with Crippen molar-refractivity contribution >= 4 is 33.2 Å². The Bertz CT molecular complexity index is 1250. The van der Waals surface area contributed by atoms with Crippen molar-refractivity contribution in [1.29, 1.82) is 0 Å². The summed E-state index contributed by atoms with van der Waals surface area (Å²) in [5, 5.41) is 0.387. The van der Waals surface area contributed by atoms with E-state index < -0.39 is 22.0 Å². The highest BCUT2D eigenvalue weighted by atomic mass is 35.5. The predicted octanol–water partition coefficient (Wildman–Crippen LogP) is 6.23. The second kappa shape index (κ2) is 10.7. The molecule has 1 unspecified atom stereocenters. The van der Waals surface area contributed by atoms with E-state index in [9.17, 15) is 13.2 Å². The lowest BCUT2D eigenvalue weighted by molar-refractivity contribution is -0.123. The summed E-state index contributed by atoms with van der Waals surface area (Å²) in [5.74, 6) is 0.300. The maximum absolute atomic E-state index is 13.6. The van der Waals surface area contributed by atoms with Gasteiger partial charge in [0, 0.05) is 5.02 Å². The minimum atomic E-state index is -4.25. The lowest BCUT2D eigenvalue weighted by Gasteiger charge is -2.26. The lowest BCUT2D eigenvalue weighted by atomic mass is 9.87. The van der Waals surface area contributed by atoms with Crippen molar-refractivity contribution in [2.75, 3.05) is 10.9 Å². The maximum Gasteiger partial charge on any atom is 0.281 e. The molecule has 0 aromatic heterocycles. The Kier molecular flexibility index (Phi) is 8.13. The molecule has 3 rings (SSSR count). The van der Waals surface area contributed by atoms with Crippen LogP contribution in [0.3, 0.4) is 0 Å². The summed E-state index contributed by atoms with van der Waals surface area (Å²) < 4.78 is 39.2. The molecular formula is C27H30ClNO5S. The zero-order valence-electron chi connectivity index (χ0n) is 20.5. The van der Waals surface area contributed by atoms with E-state index in [1.165, 1.54) is 43.3 Å². The molecule has 8 heteroatoms. The van der Waals surface area contributed by atoms with Crippen LogP contribution in [0.25, 0.3) is 0 Å². The van der Waals surface area contributed by atoms with Crippen LogP contribution in [0.4, 0.5) is 5.69 Å². The average molecular weight is 516 g/mol. The van der Waals surface area contributed by atoms with Gasteiger partial charge in [0.2, 0.25) is 0 Å². The first kappa shape index (κ1) is 26.6. The molecule has 0 heterocycles. The van der Waals surface area contributed by atoms with Gasteiger partial charge in [-0.25, -0.2) is 8.42 Å². The molecule has 3 aromatic carbocycles. The number of halogens is 1. The van der Waals surface area contributed by atoms with Crippen molar-refractivity contribution in [3.05, 3.63) is 83.4 Å². The van der Waals surface area contributed by atoms with Gasteiger partial charge in [-0.1, -0.05) is 44.5 Å². The fourth-order valence-electron chi connectivity index (χ4n) is 3.39. The zero-order chi connectivity index (χ0) is 25.8. The van der Waals surface area contributed by atoms with Gasteiger partial charge in [-0.05, 0) is 85.5 Å². The van der Waals surface area contributed by atoms with Crippen molar-refractivity contribution in [2.45, 2.75) is 51.0 Å². The molecule has 0 aliphatic heterocycles. The highest BCUT2D eigenvalue weighted by Gasteiger charge is 2.35. The molecule has 0 radical (unpaired) electrons. The highest BCUT2D eigenvalue weighted by molar-refractivity contribution is 7.93. The van der Waals surface area contributed by atoms with Crippen molar-refractivity contribution in [3.63, 3.8) is 0 Å². The maximum atomic E-state index is 13.6. The number of carbonyl (C=O) groups excluding carboxylic acids is 1. The fourth-order valence-corrected chi connectivity index (χ4v) is 5.00. The van der Waals surface area contributed by atoms with E-state index >= 15 is 0 Å². The van der Waals surface area contributed by atoms with Crippen LogP contribution in [0, 0.1) is 0 Å². The molecule has 0 fully saturated rings. The van der Waals surface area contributed by atoms with Crippen LogP contribution in [0.5, 0.6) is 11.5 Å². The van der Waals surface area contributed by atoms with Crippen LogP contribution in [0.2, 0.25) is 5.02 Å². The molecule has 35 heavy (non-hydrogen) atoms. The first-order valence-electron chi connectivity index (χ1n) is 11.3. The SMILES string of the molecule is CCOc1ccc(N(C(=O)C(C)Oc2ccc(C(C)(C)C)cc2)S(=O)(=O)c2ccc(Cl)cc2)cc1. The van der Waals surface area contributed by atoms with E-state index in [4.69, 9.17) is 21.1 Å². The Labute approximate surface area is 212 Å². The van der Waals surface area contributed by atoms with Gasteiger partial charge in [0.1, 0.15) is 11.5 Å². The summed E-state index contributed by atoms with van der Waals surface area (Å²) >= 11 is 5.94. The van der Waals surface area contributed by atoms with Gasteiger partial charge in [-0.15, -0.1) is 0 Å². The van der Waals surface area contributed by atoms with E-state index in [2.05, 4.69) is 20.8 Å². The summed E-state index contributed by atoms with van der Waals surface area (Å²) in [6.07, 6.45) is -1.08. The van der Waals surface area contributed by atoms with Crippen LogP contribution in [-0.2, 0) is 20.2 Å². The second-order valence-electron chi connectivity index (χ2n) is 9.02. The molecule has 6 nitrogen and oxygen atoms in total. The number of hydrogen-bond donors (Lipinski definition) is 0. The van der Waals surface area contributed by atoms with E-state index in [0.29, 0.717) is 23.1 Å². The molecule has 186 valence electrons. The van der Waals surface area contributed by atoms with Gasteiger partial charge in [-0.2, -0.15) is 4.31 Å². The molecule has 3 aromatic rings. The molecule has 0 spiro atoms. The summed E-state index contributed by atoms with van der Waals surface area (Å²) in [5.41, 5.74) is 1.26. The number of sulfonamides is 1. The molecule has 0 saturated carbocycles. The Balaban J connectivity index is 1.96. The van der Waals surface area contributed by atoms with E-state index in [1.54, 1.807) is 24.3 Å². The minimum Gasteiger partial charge on any atom is -0.494 e. The van der Waals surface area contributed by atoms with Crippen molar-refractivity contribution in [3.8, 4) is 11.5 Å². The van der Waals surface area contributed by atoms with E-state index in [-0.39, 0.29) is 16.0 Å². The third-order valence-corrected chi connectivity index (χ3v) is 7.31. The number of benzene rings is 3. The normalized spacial score (nSPS) is 12.6. The van der Waals surface area contributed by atoms with Crippen LogP contribution >= 0.6 is 11.6 Å². The Morgan fingerprint density at radius 1 is 0.914 bits per heavy atom. The van der Waals surface area contributed by atoms with Gasteiger partial charge in [-0.3, -0.25) is 4.79 Å². The molecule has 0 aliphatic carbocycles. The van der Waals surface area contributed by atoms with Crippen LogP contribution in [-0.4, -0.2) is 27.0 Å². The smallest absolute Gasteiger partial charge is 0.281 e. The Morgan fingerprint density at radius 3 is 1.97 bits per heavy atom. The third kappa shape index (κ3) is 6.35. The number of hydrogen-bond acceptors (Lipinski definition) is 5. The molecule has 0 N–H and O–H groups in total. The number of amides is 1. The summed E-state index contributed by atoms with van der Waals surface area (Å²) in [6.45, 7) is 10.1. The summed E-state index contributed by atoms with van der Waals surface area (Å²) in [4.78, 5) is 13.5. The number of ether oxygens (including phenoxy) is 2. The van der Waals surface area contributed by atoms with E-state index in [1.807, 2.05) is 19.1 Å². The van der Waals surface area contributed by atoms with Gasteiger partial charge >= 0.3 is 0 Å². The first-order chi connectivity index (χ1) is 16.4. The molecule has 0 bridgehead atoms. The molecule has 0 saturated heterocycles. The quantitative estimate of drug-likeness (QED) is 0.356. The number of rotatable bonds is 8. The van der Waals surface area contributed by atoms with Crippen LogP contribution in [0.15, 0.2) is 77.7 Å². The molecular weight excluding hydrogens is 486 g/mol. The van der Waals surface area contributed by atoms with Crippen LogP contribution < -0.4 is 13.8 Å². The van der Waals surface area contributed by atoms with Crippen molar-refractivity contribution in [2.24, 2.45) is 0 Å². The fraction of sp³-hybridized carbons (Fsp3) is 0.296. The predicted molar refractivity (Wildman–Crippen MR) is 139 cm³/mol. The summed E-state index contributed by atoms with van der Waals surface area (Å²) in [6, 6.07) is 19.4. The number of nitrogens with zero attached hydrogens (tertiary/aromatic N) is 1. The first-order valence-corrected chi connectivity index (χ1v) is 13.1. The third-order valence-electron chi connectivity index (χ3n) is 5.32.